The molecule has 0 saturated heterocycles. The summed E-state index contributed by atoms with van der Waals surface area (Å²) in [7, 11) is 0. The average molecular weight is 210 g/mol. The Morgan fingerprint density at radius 2 is 1.14 bits per heavy atom. The molecule has 0 radical (unpaired) electrons. The van der Waals surface area contributed by atoms with E-state index in [1.807, 2.05) is 0 Å². The minimum atomic E-state index is -1.18. The first-order chi connectivity index (χ1) is 6.36. The maximum atomic E-state index is 9.65. The van der Waals surface area contributed by atoms with Gasteiger partial charge in [0.15, 0.2) is 0 Å². The van der Waals surface area contributed by atoms with E-state index in [2.05, 4.69) is 0 Å². The van der Waals surface area contributed by atoms with Gasteiger partial charge < -0.3 is 31.9 Å². The molecule has 0 aromatic rings. The molecule has 0 spiro atoms. The molecule has 14 heavy (non-hydrogen) atoms. The van der Waals surface area contributed by atoms with E-state index >= 15 is 0 Å². The van der Waals surface area contributed by atoms with Crippen LogP contribution >= 0.6 is 0 Å². The van der Waals surface area contributed by atoms with Gasteiger partial charge in [0, 0.05) is 0 Å². The molecule has 8 heteroatoms. The molecular formula is C6H14N2O6. The van der Waals surface area contributed by atoms with Crippen molar-refractivity contribution in [3.63, 3.8) is 0 Å². The van der Waals surface area contributed by atoms with Gasteiger partial charge >= 0.3 is 11.9 Å². The Morgan fingerprint density at radius 1 is 0.929 bits per heavy atom. The van der Waals surface area contributed by atoms with Crippen LogP contribution in [0.2, 0.25) is 0 Å². The van der Waals surface area contributed by atoms with E-state index in [-0.39, 0.29) is 0 Å². The molecule has 0 aromatic carbocycles. The monoisotopic (exact) mass is 210 g/mol. The lowest BCUT2D eigenvalue weighted by Crippen LogP contribution is -2.33. The number of carboxylic acids is 2. The zero-order valence-electron chi connectivity index (χ0n) is 7.33. The normalized spacial score (nSPS) is 13.4. The molecule has 0 fully saturated rings. The van der Waals surface area contributed by atoms with E-state index in [0.29, 0.717) is 0 Å². The van der Waals surface area contributed by atoms with Crippen molar-refractivity contribution in [1.82, 2.24) is 0 Å². The standard InChI is InChI=1S/2C3H7NO3/c2*4-2(1-5)3(6)7/h2*2,5H,1,4H2,(H,6,7)/t2-;/m1./s1. The molecule has 0 heterocycles. The van der Waals surface area contributed by atoms with Gasteiger partial charge in [0.05, 0.1) is 13.2 Å². The van der Waals surface area contributed by atoms with Crippen molar-refractivity contribution in [2.45, 2.75) is 12.1 Å². The molecule has 0 bridgehead atoms. The summed E-state index contributed by atoms with van der Waals surface area (Å²) < 4.78 is 0. The fraction of sp³-hybridized carbons (Fsp3) is 0.667. The Morgan fingerprint density at radius 3 is 1.14 bits per heavy atom. The summed E-state index contributed by atoms with van der Waals surface area (Å²) in [5.41, 5.74) is 9.53. The van der Waals surface area contributed by atoms with Gasteiger partial charge in [-0.15, -0.1) is 0 Å². The summed E-state index contributed by atoms with van der Waals surface area (Å²) in [6.45, 7) is -1.01. The van der Waals surface area contributed by atoms with Gasteiger partial charge in [-0.2, -0.15) is 0 Å². The minimum Gasteiger partial charge on any atom is -0.480 e. The summed E-state index contributed by atoms with van der Waals surface area (Å²) in [5.74, 6) is -2.36. The summed E-state index contributed by atoms with van der Waals surface area (Å²) >= 11 is 0. The van der Waals surface area contributed by atoms with Gasteiger partial charge in [-0.05, 0) is 0 Å². The van der Waals surface area contributed by atoms with Crippen LogP contribution in [-0.2, 0) is 9.59 Å². The summed E-state index contributed by atoms with van der Waals surface area (Å²) in [4.78, 5) is 19.3. The van der Waals surface area contributed by atoms with Crippen LogP contribution in [-0.4, -0.2) is 57.7 Å². The van der Waals surface area contributed by atoms with Crippen molar-refractivity contribution in [3.05, 3.63) is 0 Å². The number of aliphatic hydroxyl groups excluding tert-OH is 2. The molecule has 0 aliphatic heterocycles. The number of hydrogen-bond donors (Lipinski definition) is 6. The van der Waals surface area contributed by atoms with Crippen LogP contribution in [0, 0.1) is 0 Å². The summed E-state index contributed by atoms with van der Waals surface area (Å²) in [5, 5.41) is 31.8. The number of carbonyl (C=O) groups is 2. The molecule has 0 aliphatic rings. The van der Waals surface area contributed by atoms with Crippen molar-refractivity contribution in [2.24, 2.45) is 11.5 Å². The van der Waals surface area contributed by atoms with Gasteiger partial charge in [0.2, 0.25) is 0 Å². The molecule has 0 amide bonds. The molecule has 2 atom stereocenters. The lowest BCUT2D eigenvalue weighted by atomic mass is 10.3. The highest BCUT2D eigenvalue weighted by atomic mass is 16.4. The van der Waals surface area contributed by atoms with Gasteiger partial charge in [-0.25, -0.2) is 0 Å². The van der Waals surface area contributed by atoms with Crippen LogP contribution in [0.5, 0.6) is 0 Å². The molecule has 84 valence electrons. The zero-order chi connectivity index (χ0) is 11.7. The summed E-state index contributed by atoms with van der Waals surface area (Å²) in [6.07, 6.45) is 0. The number of hydrogen-bond acceptors (Lipinski definition) is 6. The molecule has 0 rings (SSSR count). The van der Waals surface area contributed by atoms with Crippen LogP contribution in [0.4, 0.5) is 0 Å². The third-order valence-electron chi connectivity index (χ3n) is 1.03. The number of rotatable bonds is 4. The Hall–Kier alpha value is -1.22. The fourth-order valence-electron chi connectivity index (χ4n) is 0.156. The first kappa shape index (κ1) is 15.3. The largest absolute Gasteiger partial charge is 0.480 e. The van der Waals surface area contributed by atoms with Gasteiger partial charge in [-0.1, -0.05) is 0 Å². The zero-order valence-corrected chi connectivity index (χ0v) is 7.33. The van der Waals surface area contributed by atoms with E-state index in [1.165, 1.54) is 0 Å². The van der Waals surface area contributed by atoms with E-state index in [9.17, 15) is 9.59 Å². The Kier molecular flexibility index (Phi) is 9.14. The number of carboxylic acid groups (broad SMARTS) is 2. The lowest BCUT2D eigenvalue weighted by molar-refractivity contribution is -0.140. The fourth-order valence-corrected chi connectivity index (χ4v) is 0.156. The predicted molar refractivity (Wildman–Crippen MR) is 45.4 cm³/mol. The highest BCUT2D eigenvalue weighted by Crippen LogP contribution is 1.71. The van der Waals surface area contributed by atoms with Crippen molar-refractivity contribution < 1.29 is 30.0 Å². The van der Waals surface area contributed by atoms with Crippen LogP contribution in [0.3, 0.4) is 0 Å². The third-order valence-corrected chi connectivity index (χ3v) is 1.03. The first-order valence-electron chi connectivity index (χ1n) is 3.55. The van der Waals surface area contributed by atoms with Gasteiger partial charge in [-0.3, -0.25) is 9.59 Å². The molecular weight excluding hydrogens is 196 g/mol. The highest BCUT2D eigenvalue weighted by molar-refractivity contribution is 5.73. The van der Waals surface area contributed by atoms with Crippen LogP contribution in [0.15, 0.2) is 0 Å². The van der Waals surface area contributed by atoms with Crippen LogP contribution < -0.4 is 11.5 Å². The van der Waals surface area contributed by atoms with Crippen molar-refractivity contribution >= 4 is 11.9 Å². The Balaban J connectivity index is 0. The second-order valence-electron chi connectivity index (χ2n) is 2.25. The first-order valence-corrected chi connectivity index (χ1v) is 3.55. The maximum absolute atomic E-state index is 9.65. The average Bonchev–Trinajstić information content (AvgIpc) is 2.15. The molecule has 0 saturated carbocycles. The number of nitrogens with two attached hydrogens (primary N) is 2. The quantitative estimate of drug-likeness (QED) is 0.281. The summed E-state index contributed by atoms with van der Waals surface area (Å²) in [6, 6.07) is -2.25. The predicted octanol–water partition coefficient (Wildman–Crippen LogP) is -3.22. The second-order valence-corrected chi connectivity index (χ2v) is 2.25. The minimum absolute atomic E-state index is 0.505. The Bertz CT molecular complexity index is 165. The molecule has 8 nitrogen and oxygen atoms in total. The Labute approximate surface area is 79.7 Å². The second kappa shape index (κ2) is 8.38. The van der Waals surface area contributed by atoms with Crippen molar-refractivity contribution in [2.75, 3.05) is 13.2 Å². The topological polar surface area (TPSA) is 167 Å². The smallest absolute Gasteiger partial charge is 0.322 e. The van der Waals surface area contributed by atoms with Gasteiger partial charge in [0.25, 0.3) is 0 Å². The third kappa shape index (κ3) is 8.87. The van der Waals surface area contributed by atoms with Crippen LogP contribution in [0.25, 0.3) is 0 Å². The molecule has 8 N–H and O–H groups in total. The van der Waals surface area contributed by atoms with Crippen LogP contribution in [0.1, 0.15) is 0 Å². The lowest BCUT2D eigenvalue weighted by Gasteiger charge is -1.96. The SMILES string of the molecule is NC(CO)C(=O)O.N[C@H](CO)C(=O)O. The number of aliphatic hydroxyl groups is 2. The van der Waals surface area contributed by atoms with E-state index in [4.69, 9.17) is 31.9 Å². The maximum Gasteiger partial charge on any atom is 0.322 e. The molecule has 0 aliphatic carbocycles. The van der Waals surface area contributed by atoms with E-state index in [0.717, 1.165) is 0 Å². The van der Waals surface area contributed by atoms with E-state index < -0.39 is 37.2 Å². The number of aliphatic carboxylic acids is 2. The van der Waals surface area contributed by atoms with Gasteiger partial charge in [0.1, 0.15) is 12.1 Å². The van der Waals surface area contributed by atoms with Crippen molar-refractivity contribution in [1.29, 1.82) is 0 Å². The van der Waals surface area contributed by atoms with E-state index in [1.54, 1.807) is 0 Å². The highest BCUT2D eigenvalue weighted by Gasteiger charge is 2.07. The molecule has 1 unspecified atom stereocenters. The molecule has 0 aromatic heterocycles. The van der Waals surface area contributed by atoms with Crippen molar-refractivity contribution in [3.8, 4) is 0 Å².